The average Bonchev–Trinajstić information content (AvgIpc) is 3.30. The van der Waals surface area contributed by atoms with Crippen LogP contribution in [-0.2, 0) is 0 Å². The van der Waals surface area contributed by atoms with Crippen LogP contribution in [-0.4, -0.2) is 27.0 Å². The molecule has 0 spiro atoms. The van der Waals surface area contributed by atoms with Crippen molar-refractivity contribution >= 4 is 39.7 Å². The van der Waals surface area contributed by atoms with Crippen LogP contribution in [0, 0.1) is 6.92 Å². The van der Waals surface area contributed by atoms with Crippen molar-refractivity contribution in [2.24, 2.45) is 5.73 Å². The molecular weight excluding hydrogens is 362 g/mol. The molecule has 2 amide bonds. The molecule has 0 saturated heterocycles. The monoisotopic (exact) mass is 377 g/mol. The van der Waals surface area contributed by atoms with E-state index < -0.39 is 5.91 Å². The molecule has 4 N–H and O–H groups in total. The van der Waals surface area contributed by atoms with E-state index in [1.54, 1.807) is 29.8 Å². The summed E-state index contributed by atoms with van der Waals surface area (Å²) >= 11 is 1.42. The van der Waals surface area contributed by atoms with Crippen LogP contribution in [0.25, 0.3) is 22.0 Å². The van der Waals surface area contributed by atoms with Gasteiger partial charge in [0.2, 0.25) is 5.91 Å². The molecule has 0 aliphatic rings. The minimum absolute atomic E-state index is 0.287. The first-order valence-corrected chi connectivity index (χ1v) is 9.00. The Morgan fingerprint density at radius 3 is 2.78 bits per heavy atom. The molecule has 27 heavy (non-hydrogen) atoms. The number of fused-ring (bicyclic) bond motifs is 1. The SMILES string of the molecule is Cc1nc(C(=O)Nc2cc(-c3cccc(C(N)=O)c3)cc3[nH]ncc23)cs1. The van der Waals surface area contributed by atoms with Gasteiger partial charge in [-0.3, -0.25) is 14.7 Å². The Morgan fingerprint density at radius 2 is 2.04 bits per heavy atom. The molecule has 0 bridgehead atoms. The highest BCUT2D eigenvalue weighted by Gasteiger charge is 2.14. The van der Waals surface area contributed by atoms with E-state index in [2.05, 4.69) is 20.5 Å². The number of carbonyl (C=O) groups is 2. The number of primary amides is 1. The van der Waals surface area contributed by atoms with Crippen molar-refractivity contribution in [2.45, 2.75) is 6.92 Å². The molecule has 0 unspecified atom stereocenters. The fourth-order valence-corrected chi connectivity index (χ4v) is 3.42. The molecule has 2 aromatic carbocycles. The van der Waals surface area contributed by atoms with Crippen LogP contribution in [0.3, 0.4) is 0 Å². The Balaban J connectivity index is 1.77. The molecule has 8 heteroatoms. The fraction of sp³-hybridized carbons (Fsp3) is 0.0526. The van der Waals surface area contributed by atoms with E-state index in [4.69, 9.17) is 5.73 Å². The van der Waals surface area contributed by atoms with Crippen molar-refractivity contribution in [3.8, 4) is 11.1 Å². The van der Waals surface area contributed by atoms with Gasteiger partial charge in [0.05, 0.1) is 22.4 Å². The highest BCUT2D eigenvalue weighted by atomic mass is 32.1. The largest absolute Gasteiger partial charge is 0.366 e. The van der Waals surface area contributed by atoms with Crippen molar-refractivity contribution in [3.05, 3.63) is 64.2 Å². The third-order valence-corrected chi connectivity index (χ3v) is 4.91. The summed E-state index contributed by atoms with van der Waals surface area (Å²) in [4.78, 5) is 28.2. The van der Waals surface area contributed by atoms with Crippen LogP contribution in [0.15, 0.2) is 48.0 Å². The molecule has 0 fully saturated rings. The summed E-state index contributed by atoms with van der Waals surface area (Å²) in [5, 5.41) is 13.2. The van der Waals surface area contributed by atoms with E-state index in [-0.39, 0.29) is 5.91 Å². The minimum atomic E-state index is -0.494. The van der Waals surface area contributed by atoms with E-state index in [1.807, 2.05) is 25.1 Å². The Bertz CT molecular complexity index is 1180. The van der Waals surface area contributed by atoms with Crippen molar-refractivity contribution in [1.29, 1.82) is 0 Å². The van der Waals surface area contributed by atoms with Gasteiger partial charge < -0.3 is 11.1 Å². The predicted molar refractivity (Wildman–Crippen MR) is 105 cm³/mol. The summed E-state index contributed by atoms with van der Waals surface area (Å²) in [7, 11) is 0. The summed E-state index contributed by atoms with van der Waals surface area (Å²) in [6.45, 7) is 1.85. The zero-order valence-corrected chi connectivity index (χ0v) is 15.1. The summed E-state index contributed by atoms with van der Waals surface area (Å²) in [6, 6.07) is 10.8. The molecular formula is C19H15N5O2S. The Labute approximate surface area is 158 Å². The van der Waals surface area contributed by atoms with E-state index >= 15 is 0 Å². The topological polar surface area (TPSA) is 114 Å². The number of hydrogen-bond donors (Lipinski definition) is 3. The number of carbonyl (C=O) groups excluding carboxylic acids is 2. The molecule has 0 aliphatic heterocycles. The summed E-state index contributed by atoms with van der Waals surface area (Å²) < 4.78 is 0. The van der Waals surface area contributed by atoms with E-state index in [9.17, 15) is 9.59 Å². The zero-order valence-electron chi connectivity index (χ0n) is 14.3. The highest BCUT2D eigenvalue weighted by molar-refractivity contribution is 7.09. The van der Waals surface area contributed by atoms with Gasteiger partial charge in [0.25, 0.3) is 5.91 Å². The molecule has 4 rings (SSSR count). The fourth-order valence-electron chi connectivity index (χ4n) is 2.83. The molecule has 2 heterocycles. The number of nitrogens with one attached hydrogen (secondary N) is 2. The first kappa shape index (κ1) is 16.9. The number of nitrogens with two attached hydrogens (primary N) is 1. The molecule has 134 valence electrons. The lowest BCUT2D eigenvalue weighted by Gasteiger charge is -2.09. The lowest BCUT2D eigenvalue weighted by atomic mass is 10.0. The number of H-pyrrole nitrogens is 1. The van der Waals surface area contributed by atoms with Crippen molar-refractivity contribution in [3.63, 3.8) is 0 Å². The van der Waals surface area contributed by atoms with E-state index in [1.165, 1.54) is 11.3 Å². The third-order valence-electron chi connectivity index (χ3n) is 4.14. The Morgan fingerprint density at radius 1 is 1.19 bits per heavy atom. The number of anilines is 1. The van der Waals surface area contributed by atoms with Crippen LogP contribution >= 0.6 is 11.3 Å². The molecule has 0 radical (unpaired) electrons. The zero-order chi connectivity index (χ0) is 19.0. The molecule has 0 atom stereocenters. The summed E-state index contributed by atoms with van der Waals surface area (Å²) in [6.07, 6.45) is 1.65. The normalized spacial score (nSPS) is 10.9. The summed E-state index contributed by atoms with van der Waals surface area (Å²) in [5.74, 6) is -0.781. The Kier molecular flexibility index (Phi) is 4.17. The van der Waals surface area contributed by atoms with Crippen LogP contribution in [0.4, 0.5) is 5.69 Å². The summed E-state index contributed by atoms with van der Waals surface area (Å²) in [5.41, 5.74) is 9.17. The Hall–Kier alpha value is -3.52. The molecule has 7 nitrogen and oxygen atoms in total. The van der Waals surface area contributed by atoms with Crippen molar-refractivity contribution in [1.82, 2.24) is 15.2 Å². The molecule has 0 saturated carbocycles. The van der Waals surface area contributed by atoms with E-state index in [0.717, 1.165) is 27.0 Å². The standard InChI is InChI=1S/C19H15N5O2S/c1-10-22-17(9-27-10)19(26)23-15-6-13(7-16-14(15)8-21-24-16)11-3-2-4-12(5-11)18(20)25/h2-9H,1H3,(H2,20,25)(H,21,24)(H,23,26). The van der Waals surface area contributed by atoms with Crippen LogP contribution in [0.2, 0.25) is 0 Å². The van der Waals surface area contributed by atoms with Gasteiger partial charge in [0, 0.05) is 16.3 Å². The van der Waals surface area contributed by atoms with Crippen LogP contribution in [0.1, 0.15) is 25.9 Å². The number of aryl methyl sites for hydroxylation is 1. The maximum absolute atomic E-state index is 12.5. The first-order valence-electron chi connectivity index (χ1n) is 8.12. The number of rotatable bonds is 4. The lowest BCUT2D eigenvalue weighted by molar-refractivity contribution is 0.0997. The number of aromatic amines is 1. The lowest BCUT2D eigenvalue weighted by Crippen LogP contribution is -2.12. The van der Waals surface area contributed by atoms with Gasteiger partial charge in [-0.05, 0) is 42.3 Å². The number of amides is 2. The van der Waals surface area contributed by atoms with Gasteiger partial charge >= 0.3 is 0 Å². The number of aromatic nitrogens is 3. The van der Waals surface area contributed by atoms with E-state index in [0.29, 0.717) is 16.9 Å². The third kappa shape index (κ3) is 3.30. The second kappa shape index (κ2) is 6.65. The van der Waals surface area contributed by atoms with Crippen molar-refractivity contribution in [2.75, 3.05) is 5.32 Å². The minimum Gasteiger partial charge on any atom is -0.366 e. The van der Waals surface area contributed by atoms with Crippen LogP contribution < -0.4 is 11.1 Å². The van der Waals surface area contributed by atoms with Gasteiger partial charge in [0.15, 0.2) is 0 Å². The number of nitrogens with zero attached hydrogens (tertiary/aromatic N) is 2. The second-order valence-corrected chi connectivity index (χ2v) is 7.07. The van der Waals surface area contributed by atoms with Gasteiger partial charge in [-0.25, -0.2) is 4.98 Å². The number of benzene rings is 2. The van der Waals surface area contributed by atoms with Gasteiger partial charge in [-0.2, -0.15) is 5.10 Å². The molecule has 0 aliphatic carbocycles. The smallest absolute Gasteiger partial charge is 0.275 e. The highest BCUT2D eigenvalue weighted by Crippen LogP contribution is 2.31. The quantitative estimate of drug-likeness (QED) is 0.506. The molecule has 4 aromatic rings. The second-order valence-electron chi connectivity index (χ2n) is 6.01. The van der Waals surface area contributed by atoms with Gasteiger partial charge in [-0.1, -0.05) is 12.1 Å². The number of thiazole rings is 1. The molecule has 2 aromatic heterocycles. The van der Waals surface area contributed by atoms with Crippen LogP contribution in [0.5, 0.6) is 0 Å². The first-order chi connectivity index (χ1) is 13.0. The van der Waals surface area contributed by atoms with Gasteiger partial charge in [0.1, 0.15) is 5.69 Å². The van der Waals surface area contributed by atoms with Gasteiger partial charge in [-0.15, -0.1) is 11.3 Å². The predicted octanol–water partition coefficient (Wildman–Crippen LogP) is 3.35. The maximum atomic E-state index is 12.5. The van der Waals surface area contributed by atoms with Crippen molar-refractivity contribution < 1.29 is 9.59 Å². The maximum Gasteiger partial charge on any atom is 0.275 e. The average molecular weight is 377 g/mol. The number of hydrogen-bond acceptors (Lipinski definition) is 5.